The van der Waals surface area contributed by atoms with Crippen molar-refractivity contribution in [2.75, 3.05) is 7.05 Å². The van der Waals surface area contributed by atoms with Crippen LogP contribution in [0.2, 0.25) is 0 Å². The van der Waals surface area contributed by atoms with Crippen LogP contribution in [0.4, 0.5) is 4.79 Å². The van der Waals surface area contributed by atoms with Crippen LogP contribution in [0.5, 0.6) is 0 Å². The van der Waals surface area contributed by atoms with E-state index in [4.69, 9.17) is 4.74 Å². The minimum atomic E-state index is -0.311. The highest BCUT2D eigenvalue weighted by Gasteiger charge is 2.11. The monoisotopic (exact) mass is 208 g/mol. The molecule has 0 N–H and O–H groups in total. The quantitative estimate of drug-likeness (QED) is 0.763. The first-order valence-corrected chi connectivity index (χ1v) is 4.90. The van der Waals surface area contributed by atoms with Crippen LogP contribution in [0.25, 0.3) is 0 Å². The van der Waals surface area contributed by atoms with Crippen LogP contribution in [0, 0.1) is 0 Å². The van der Waals surface area contributed by atoms with Crippen molar-refractivity contribution in [3.63, 3.8) is 0 Å². The molecule has 1 amide bonds. The lowest BCUT2D eigenvalue weighted by molar-refractivity contribution is 0.0822. The number of nitrogens with zero attached hydrogens (tertiary/aromatic N) is 2. The average Bonchev–Trinajstić information content (AvgIpc) is 2.18. The van der Waals surface area contributed by atoms with Gasteiger partial charge in [-0.3, -0.25) is 4.98 Å². The fourth-order valence-electron chi connectivity index (χ4n) is 1.12. The normalized spacial score (nSPS) is 10.1. The maximum absolute atomic E-state index is 11.4. The number of aromatic nitrogens is 1. The van der Waals surface area contributed by atoms with Crippen LogP contribution >= 0.6 is 0 Å². The molecule has 1 heterocycles. The third-order valence-corrected chi connectivity index (χ3v) is 1.79. The summed E-state index contributed by atoms with van der Waals surface area (Å²) in [6, 6.07) is 3.77. The number of hydrogen-bond acceptors (Lipinski definition) is 3. The molecule has 0 saturated carbocycles. The number of amides is 1. The molecular formula is C11H16N2O2. The Morgan fingerprint density at radius 1 is 1.60 bits per heavy atom. The molecule has 0 aliphatic carbocycles. The molecule has 0 radical (unpaired) electrons. The molecular weight excluding hydrogens is 192 g/mol. The van der Waals surface area contributed by atoms with Crippen LogP contribution in [0.3, 0.4) is 0 Å². The molecule has 0 atom stereocenters. The van der Waals surface area contributed by atoms with Gasteiger partial charge in [0.2, 0.25) is 0 Å². The molecule has 0 spiro atoms. The summed E-state index contributed by atoms with van der Waals surface area (Å²) < 4.78 is 5.05. The molecule has 1 aromatic rings. The number of carbonyl (C=O) groups is 1. The molecule has 0 aliphatic heterocycles. The third kappa shape index (κ3) is 3.97. The first-order chi connectivity index (χ1) is 7.09. The molecule has 1 aromatic heterocycles. The molecule has 4 heteroatoms. The molecule has 82 valence electrons. The van der Waals surface area contributed by atoms with E-state index in [9.17, 15) is 4.79 Å². The Morgan fingerprint density at radius 3 is 2.87 bits per heavy atom. The first-order valence-electron chi connectivity index (χ1n) is 4.90. The molecule has 4 nitrogen and oxygen atoms in total. The highest BCUT2D eigenvalue weighted by atomic mass is 16.6. The molecule has 0 aromatic carbocycles. The van der Waals surface area contributed by atoms with Crippen molar-refractivity contribution in [1.82, 2.24) is 9.88 Å². The Hall–Kier alpha value is -1.58. The molecule has 15 heavy (non-hydrogen) atoms. The first kappa shape index (κ1) is 11.5. The van der Waals surface area contributed by atoms with Gasteiger partial charge in [-0.15, -0.1) is 0 Å². The Labute approximate surface area is 89.9 Å². The van der Waals surface area contributed by atoms with E-state index in [1.165, 1.54) is 4.90 Å². The fraction of sp³-hybridized carbons (Fsp3) is 0.455. The van der Waals surface area contributed by atoms with Gasteiger partial charge in [-0.1, -0.05) is 6.07 Å². The third-order valence-electron chi connectivity index (χ3n) is 1.79. The van der Waals surface area contributed by atoms with Gasteiger partial charge < -0.3 is 9.64 Å². The zero-order valence-corrected chi connectivity index (χ0v) is 9.30. The summed E-state index contributed by atoms with van der Waals surface area (Å²) in [4.78, 5) is 16.9. The van der Waals surface area contributed by atoms with Crippen LogP contribution < -0.4 is 0 Å². The zero-order chi connectivity index (χ0) is 11.3. The second kappa shape index (κ2) is 5.34. The summed E-state index contributed by atoms with van der Waals surface area (Å²) in [6.07, 6.45) is 3.04. The second-order valence-electron chi connectivity index (χ2n) is 3.65. The van der Waals surface area contributed by atoms with Gasteiger partial charge in [-0.2, -0.15) is 0 Å². The summed E-state index contributed by atoms with van der Waals surface area (Å²) in [5.74, 6) is 0. The molecule has 0 aliphatic rings. The van der Waals surface area contributed by atoms with Gasteiger partial charge in [-0.25, -0.2) is 4.79 Å². The van der Waals surface area contributed by atoms with Gasteiger partial charge in [0.15, 0.2) is 0 Å². The lowest BCUT2D eigenvalue weighted by Gasteiger charge is -2.18. The molecule has 1 rings (SSSR count). The van der Waals surface area contributed by atoms with Crippen LogP contribution in [-0.2, 0) is 11.3 Å². The Kier molecular flexibility index (Phi) is 4.09. The lowest BCUT2D eigenvalue weighted by Crippen LogP contribution is -2.29. The summed E-state index contributed by atoms with van der Waals surface area (Å²) in [6.45, 7) is 4.17. The largest absolute Gasteiger partial charge is 0.447 e. The van der Waals surface area contributed by atoms with Crippen molar-refractivity contribution < 1.29 is 9.53 Å². The topological polar surface area (TPSA) is 42.4 Å². The minimum absolute atomic E-state index is 0.0890. The molecule has 0 bridgehead atoms. The van der Waals surface area contributed by atoms with Gasteiger partial charge in [0.25, 0.3) is 0 Å². The Balaban J connectivity index is 2.49. The van der Waals surface area contributed by atoms with Gasteiger partial charge in [0, 0.05) is 19.4 Å². The molecule has 0 unspecified atom stereocenters. The van der Waals surface area contributed by atoms with E-state index in [2.05, 4.69) is 4.98 Å². The fourth-order valence-corrected chi connectivity index (χ4v) is 1.12. The Bertz CT molecular complexity index is 312. The molecule has 0 fully saturated rings. The smallest absolute Gasteiger partial charge is 0.410 e. The maximum Gasteiger partial charge on any atom is 0.410 e. The highest BCUT2D eigenvalue weighted by molar-refractivity contribution is 5.67. The van der Waals surface area contributed by atoms with E-state index >= 15 is 0 Å². The number of rotatable bonds is 3. The van der Waals surface area contributed by atoms with E-state index in [0.717, 1.165) is 5.56 Å². The SMILES string of the molecule is CC(C)OC(=O)N(C)Cc1cccnc1. The van der Waals surface area contributed by atoms with E-state index in [0.29, 0.717) is 6.54 Å². The number of pyridine rings is 1. The van der Waals surface area contributed by atoms with Crippen molar-refractivity contribution >= 4 is 6.09 Å². The van der Waals surface area contributed by atoms with Gasteiger partial charge >= 0.3 is 6.09 Å². The van der Waals surface area contributed by atoms with Crippen molar-refractivity contribution in [3.05, 3.63) is 30.1 Å². The minimum Gasteiger partial charge on any atom is -0.447 e. The van der Waals surface area contributed by atoms with Gasteiger partial charge in [0.1, 0.15) is 0 Å². The summed E-state index contributed by atoms with van der Waals surface area (Å²) in [7, 11) is 1.71. The second-order valence-corrected chi connectivity index (χ2v) is 3.65. The lowest BCUT2D eigenvalue weighted by atomic mass is 10.3. The zero-order valence-electron chi connectivity index (χ0n) is 9.30. The summed E-state index contributed by atoms with van der Waals surface area (Å²) in [5.41, 5.74) is 0.987. The van der Waals surface area contributed by atoms with E-state index in [1.807, 2.05) is 26.0 Å². The van der Waals surface area contributed by atoms with Crippen LogP contribution in [0.1, 0.15) is 19.4 Å². The number of ether oxygens (including phenoxy) is 1. The highest BCUT2D eigenvalue weighted by Crippen LogP contribution is 2.03. The maximum atomic E-state index is 11.4. The predicted molar refractivity (Wildman–Crippen MR) is 57.3 cm³/mol. The van der Waals surface area contributed by atoms with Crippen molar-refractivity contribution in [2.45, 2.75) is 26.5 Å². The van der Waals surface area contributed by atoms with E-state index in [-0.39, 0.29) is 12.2 Å². The number of carbonyl (C=O) groups excluding carboxylic acids is 1. The van der Waals surface area contributed by atoms with E-state index in [1.54, 1.807) is 19.4 Å². The van der Waals surface area contributed by atoms with Crippen molar-refractivity contribution in [3.8, 4) is 0 Å². The Morgan fingerprint density at radius 2 is 2.33 bits per heavy atom. The summed E-state index contributed by atoms with van der Waals surface area (Å²) in [5, 5.41) is 0. The van der Waals surface area contributed by atoms with E-state index < -0.39 is 0 Å². The van der Waals surface area contributed by atoms with Gasteiger partial charge in [0.05, 0.1) is 12.6 Å². The van der Waals surface area contributed by atoms with Crippen molar-refractivity contribution in [2.24, 2.45) is 0 Å². The average molecular weight is 208 g/mol. The van der Waals surface area contributed by atoms with Crippen LogP contribution in [0.15, 0.2) is 24.5 Å². The van der Waals surface area contributed by atoms with Gasteiger partial charge in [-0.05, 0) is 25.5 Å². The summed E-state index contributed by atoms with van der Waals surface area (Å²) >= 11 is 0. The predicted octanol–water partition coefficient (Wildman–Crippen LogP) is 2.06. The number of hydrogen-bond donors (Lipinski definition) is 0. The molecule has 0 saturated heterocycles. The standard InChI is InChI=1S/C11H16N2O2/c1-9(2)15-11(14)13(3)8-10-5-4-6-12-7-10/h4-7,9H,8H2,1-3H3. The van der Waals surface area contributed by atoms with Crippen LogP contribution in [-0.4, -0.2) is 29.1 Å². The van der Waals surface area contributed by atoms with Crippen molar-refractivity contribution in [1.29, 1.82) is 0 Å².